The summed E-state index contributed by atoms with van der Waals surface area (Å²) in [5.74, 6) is 1.76. The molecule has 0 amide bonds. The van der Waals surface area contributed by atoms with E-state index in [1.807, 2.05) is 0 Å². The summed E-state index contributed by atoms with van der Waals surface area (Å²) in [4.78, 5) is 10.5. The van der Waals surface area contributed by atoms with Gasteiger partial charge in [0.15, 0.2) is 0 Å². The highest BCUT2D eigenvalue weighted by Gasteiger charge is 2.25. The largest absolute Gasteiger partial charge is 0.276 e. The van der Waals surface area contributed by atoms with Crippen LogP contribution in [0.15, 0.2) is 140 Å². The van der Waals surface area contributed by atoms with Crippen molar-refractivity contribution in [1.82, 2.24) is 23.2 Å². The van der Waals surface area contributed by atoms with E-state index >= 15 is 0 Å². The number of imidazole rings is 4. The summed E-state index contributed by atoms with van der Waals surface area (Å²) >= 11 is 0. The Bertz CT molecular complexity index is 2800. The molecular formula is C40H23N5. The van der Waals surface area contributed by atoms with E-state index in [4.69, 9.17) is 9.97 Å². The predicted molar refractivity (Wildman–Crippen MR) is 184 cm³/mol. The summed E-state index contributed by atoms with van der Waals surface area (Å²) in [5.41, 5.74) is 12.3. The Morgan fingerprint density at radius 3 is 1.27 bits per heavy atom. The van der Waals surface area contributed by atoms with Gasteiger partial charge in [0.2, 0.25) is 11.6 Å². The zero-order chi connectivity index (χ0) is 29.2. The highest BCUT2D eigenvalue weighted by atomic mass is 15.3. The van der Waals surface area contributed by atoms with E-state index in [0.29, 0.717) is 0 Å². The van der Waals surface area contributed by atoms with Crippen molar-refractivity contribution in [2.24, 2.45) is 0 Å². The minimum absolute atomic E-state index is 0.881. The number of nitrogens with zero attached hydrogens (tertiary/aromatic N) is 5. The van der Waals surface area contributed by atoms with Crippen LogP contribution < -0.4 is 0 Å². The molecule has 5 nitrogen and oxygen atoms in total. The lowest BCUT2D eigenvalue weighted by Crippen LogP contribution is -1.89. The summed E-state index contributed by atoms with van der Waals surface area (Å²) in [7, 11) is 0. The number of rotatable bonds is 2. The number of aromatic nitrogens is 5. The molecule has 11 rings (SSSR count). The van der Waals surface area contributed by atoms with Crippen molar-refractivity contribution in [3.05, 3.63) is 140 Å². The molecule has 45 heavy (non-hydrogen) atoms. The van der Waals surface area contributed by atoms with Crippen molar-refractivity contribution in [3.63, 3.8) is 0 Å². The molecule has 0 saturated carbocycles. The molecule has 4 heterocycles. The Morgan fingerprint density at radius 1 is 0.333 bits per heavy atom. The van der Waals surface area contributed by atoms with Crippen molar-refractivity contribution in [1.29, 1.82) is 0 Å². The fraction of sp³-hybridized carbons (Fsp3) is 0. The van der Waals surface area contributed by atoms with Gasteiger partial charge in [0.1, 0.15) is 5.52 Å². The number of hydrogen-bond donors (Lipinski definition) is 0. The van der Waals surface area contributed by atoms with Gasteiger partial charge in [-0.1, -0.05) is 103 Å². The smallest absolute Gasteiger partial charge is 0.223 e. The molecule has 0 atom stereocenters. The van der Waals surface area contributed by atoms with Gasteiger partial charge in [-0.15, -0.1) is 0 Å². The van der Waals surface area contributed by atoms with Gasteiger partial charge in [-0.2, -0.15) is 0 Å². The van der Waals surface area contributed by atoms with Gasteiger partial charge >= 0.3 is 0 Å². The van der Waals surface area contributed by atoms with Crippen molar-refractivity contribution >= 4 is 71.7 Å². The average Bonchev–Trinajstić information content (AvgIpc) is 3.81. The zero-order valence-electron chi connectivity index (χ0n) is 24.0. The van der Waals surface area contributed by atoms with Crippen LogP contribution in [0.3, 0.4) is 0 Å². The number of benzene rings is 7. The molecule has 0 radical (unpaired) electrons. The van der Waals surface area contributed by atoms with Gasteiger partial charge in [0, 0.05) is 0 Å². The Kier molecular flexibility index (Phi) is 4.26. The summed E-state index contributed by atoms with van der Waals surface area (Å²) in [6.07, 6.45) is 0. The van der Waals surface area contributed by atoms with E-state index in [9.17, 15) is 0 Å². The molecule has 208 valence electrons. The summed E-state index contributed by atoms with van der Waals surface area (Å²) in [6, 6.07) is 50.1. The van der Waals surface area contributed by atoms with Crippen LogP contribution in [0.25, 0.3) is 94.0 Å². The van der Waals surface area contributed by atoms with Crippen LogP contribution in [-0.4, -0.2) is 23.2 Å². The Labute approximate surface area is 256 Å². The van der Waals surface area contributed by atoms with Crippen molar-refractivity contribution < 1.29 is 0 Å². The molecule has 7 aromatic carbocycles. The minimum atomic E-state index is 0.881. The molecule has 0 aliphatic carbocycles. The second-order valence-corrected chi connectivity index (χ2v) is 12.0. The highest BCUT2D eigenvalue weighted by molar-refractivity contribution is 6.08. The first-order valence-electron chi connectivity index (χ1n) is 15.3. The van der Waals surface area contributed by atoms with E-state index in [2.05, 4.69) is 153 Å². The van der Waals surface area contributed by atoms with Crippen LogP contribution in [0, 0.1) is 0 Å². The lowest BCUT2D eigenvalue weighted by molar-refractivity contribution is 1.15. The van der Waals surface area contributed by atoms with E-state index in [-0.39, 0.29) is 0 Å². The normalized spacial score (nSPS) is 12.4. The number of hydrogen-bond acceptors (Lipinski definition) is 2. The maximum Gasteiger partial charge on any atom is 0.223 e. The van der Waals surface area contributed by atoms with E-state index in [1.165, 1.54) is 38.2 Å². The van der Waals surface area contributed by atoms with E-state index in [1.54, 1.807) is 0 Å². The predicted octanol–water partition coefficient (Wildman–Crippen LogP) is 9.77. The zero-order valence-corrected chi connectivity index (χ0v) is 24.0. The van der Waals surface area contributed by atoms with Crippen LogP contribution in [-0.2, 0) is 0 Å². The van der Waals surface area contributed by atoms with Crippen LogP contribution >= 0.6 is 0 Å². The summed E-state index contributed by atoms with van der Waals surface area (Å²) in [6.45, 7) is 0. The third-order valence-corrected chi connectivity index (χ3v) is 9.51. The SMILES string of the molecule is c1ccc(-c2ccc(-c3cc4c5c(c3)n3c6cc7ccccc7cc6nc3n5c3nc5cc6ccccc6cc5n43)cc2)cc1. The average molecular weight is 574 g/mol. The monoisotopic (exact) mass is 573 g/mol. The molecular weight excluding hydrogens is 550 g/mol. The van der Waals surface area contributed by atoms with Crippen LogP contribution in [0.5, 0.6) is 0 Å². The highest BCUT2D eigenvalue weighted by Crippen LogP contribution is 2.39. The third kappa shape index (κ3) is 3.06. The van der Waals surface area contributed by atoms with Crippen molar-refractivity contribution in [2.75, 3.05) is 0 Å². The Hall–Kier alpha value is -6.20. The molecule has 0 saturated heterocycles. The topological polar surface area (TPSA) is 39.0 Å². The van der Waals surface area contributed by atoms with Gasteiger partial charge in [-0.3, -0.25) is 8.80 Å². The maximum atomic E-state index is 5.25. The minimum Gasteiger partial charge on any atom is -0.276 e. The first-order chi connectivity index (χ1) is 22.3. The maximum absolute atomic E-state index is 5.25. The second kappa shape index (κ2) is 8.24. The van der Waals surface area contributed by atoms with E-state index < -0.39 is 0 Å². The third-order valence-electron chi connectivity index (χ3n) is 9.51. The Morgan fingerprint density at radius 2 is 0.756 bits per heavy atom. The lowest BCUT2D eigenvalue weighted by Gasteiger charge is -2.07. The summed E-state index contributed by atoms with van der Waals surface area (Å²) < 4.78 is 6.89. The molecule has 11 aromatic rings. The molecule has 0 fully saturated rings. The fourth-order valence-corrected chi connectivity index (χ4v) is 7.39. The van der Waals surface area contributed by atoms with Crippen molar-refractivity contribution in [3.8, 4) is 22.3 Å². The second-order valence-electron chi connectivity index (χ2n) is 12.0. The van der Waals surface area contributed by atoms with Gasteiger partial charge in [0.25, 0.3) is 0 Å². The molecule has 0 aliphatic heterocycles. The molecule has 0 bridgehead atoms. The standard InChI is InChI=1S/C40H23N5/c1-2-8-24(9-3-1)25-14-16-26(17-15-25)31-22-36-38-37(23-31)44-35-21-30-13-7-5-11-28(30)19-33(35)42-40(44)45(38)39-41-32-18-27-10-4-6-12-29(27)20-34(32)43(36)39/h1-23H. The van der Waals surface area contributed by atoms with Crippen LogP contribution in [0.2, 0.25) is 0 Å². The van der Waals surface area contributed by atoms with Gasteiger partial charge in [0.05, 0.1) is 33.1 Å². The van der Waals surface area contributed by atoms with E-state index in [0.717, 1.165) is 55.7 Å². The quantitative estimate of drug-likeness (QED) is 0.206. The molecule has 0 unspecified atom stereocenters. The van der Waals surface area contributed by atoms with Crippen molar-refractivity contribution in [2.45, 2.75) is 0 Å². The Balaban J connectivity index is 1.28. The van der Waals surface area contributed by atoms with Gasteiger partial charge in [-0.05, 0) is 80.2 Å². The molecule has 0 aliphatic rings. The number of fused-ring (bicyclic) bond motifs is 12. The molecule has 0 N–H and O–H groups in total. The van der Waals surface area contributed by atoms with Crippen LogP contribution in [0.1, 0.15) is 0 Å². The fourth-order valence-electron chi connectivity index (χ4n) is 7.39. The molecule has 4 aromatic heterocycles. The molecule has 0 spiro atoms. The first kappa shape index (κ1) is 23.3. The summed E-state index contributed by atoms with van der Waals surface area (Å²) in [5, 5.41) is 4.79. The molecule has 5 heteroatoms. The van der Waals surface area contributed by atoms with Gasteiger partial charge < -0.3 is 0 Å². The van der Waals surface area contributed by atoms with Crippen LogP contribution in [0.4, 0.5) is 0 Å². The first-order valence-corrected chi connectivity index (χ1v) is 15.3. The van der Waals surface area contributed by atoms with Gasteiger partial charge in [-0.25, -0.2) is 14.4 Å². The lowest BCUT2D eigenvalue weighted by atomic mass is 10.00.